The standard InChI is InChI=1S/C28H25ClFNO5S/c1-4-34-28(32)19-6-5-7-22(14-19)31-18(2)8-12-26(31)24-16-23(37-36-33-3)11-13-27(24)35-17-20-9-10-21(30)15-25(20)29/h5-16H,4,17H2,1-3H3. The number of carbonyl (C=O) groups excluding carboxylic acids is 1. The summed E-state index contributed by atoms with van der Waals surface area (Å²) in [6.45, 7) is 4.19. The van der Waals surface area contributed by atoms with E-state index in [1.807, 2.05) is 54.0 Å². The first kappa shape index (κ1) is 26.8. The molecule has 0 atom stereocenters. The highest BCUT2D eigenvalue weighted by atomic mass is 35.5. The molecule has 3 aromatic carbocycles. The van der Waals surface area contributed by atoms with E-state index >= 15 is 0 Å². The molecule has 0 radical (unpaired) electrons. The summed E-state index contributed by atoms with van der Waals surface area (Å²) in [5.41, 5.74) is 4.47. The van der Waals surface area contributed by atoms with E-state index in [1.165, 1.54) is 19.2 Å². The molecule has 1 heterocycles. The molecule has 0 amide bonds. The van der Waals surface area contributed by atoms with Gasteiger partial charge in [-0.05, 0) is 74.5 Å². The molecule has 0 saturated heterocycles. The van der Waals surface area contributed by atoms with Crippen molar-refractivity contribution in [3.63, 3.8) is 0 Å². The third kappa shape index (κ3) is 6.34. The van der Waals surface area contributed by atoms with Gasteiger partial charge in [0, 0.05) is 27.4 Å². The lowest BCUT2D eigenvalue weighted by Crippen LogP contribution is -2.07. The Labute approximate surface area is 224 Å². The van der Waals surface area contributed by atoms with Gasteiger partial charge >= 0.3 is 5.97 Å². The molecule has 0 N–H and O–H groups in total. The summed E-state index contributed by atoms with van der Waals surface area (Å²) >= 11 is 7.28. The van der Waals surface area contributed by atoms with E-state index in [0.717, 1.165) is 39.6 Å². The van der Waals surface area contributed by atoms with Crippen LogP contribution in [-0.4, -0.2) is 24.3 Å². The Kier molecular flexibility index (Phi) is 8.89. The summed E-state index contributed by atoms with van der Waals surface area (Å²) in [5.74, 6) is -0.207. The number of hydrogen-bond acceptors (Lipinski definition) is 6. The second-order valence-electron chi connectivity index (χ2n) is 7.97. The van der Waals surface area contributed by atoms with Crippen LogP contribution in [0, 0.1) is 12.7 Å². The third-order valence-electron chi connectivity index (χ3n) is 5.52. The molecule has 6 nitrogen and oxygen atoms in total. The quantitative estimate of drug-likeness (QED) is 0.0892. The molecular weight excluding hydrogens is 517 g/mol. The van der Waals surface area contributed by atoms with Gasteiger partial charge in [-0.2, -0.15) is 4.33 Å². The van der Waals surface area contributed by atoms with Crippen molar-refractivity contribution in [1.82, 2.24) is 4.57 Å². The van der Waals surface area contributed by atoms with E-state index < -0.39 is 5.82 Å². The van der Waals surface area contributed by atoms with Crippen LogP contribution in [0.4, 0.5) is 4.39 Å². The van der Waals surface area contributed by atoms with Crippen LogP contribution in [-0.2, 0) is 20.6 Å². The minimum atomic E-state index is -0.410. The molecule has 0 aliphatic carbocycles. The topological polar surface area (TPSA) is 58.9 Å². The molecule has 4 rings (SSSR count). The normalized spacial score (nSPS) is 10.9. The predicted octanol–water partition coefficient (Wildman–Crippen LogP) is 7.59. The number of nitrogens with zero attached hydrogens (tertiary/aromatic N) is 1. The van der Waals surface area contributed by atoms with Crippen LogP contribution in [0.5, 0.6) is 5.75 Å². The van der Waals surface area contributed by atoms with Crippen LogP contribution in [0.1, 0.15) is 28.5 Å². The monoisotopic (exact) mass is 541 g/mol. The van der Waals surface area contributed by atoms with E-state index in [1.54, 1.807) is 25.1 Å². The maximum atomic E-state index is 13.5. The highest BCUT2D eigenvalue weighted by Crippen LogP contribution is 2.37. The number of aryl methyl sites for hydroxylation is 1. The smallest absolute Gasteiger partial charge is 0.338 e. The van der Waals surface area contributed by atoms with E-state index in [-0.39, 0.29) is 17.6 Å². The third-order valence-corrected chi connectivity index (χ3v) is 6.52. The molecule has 9 heteroatoms. The first-order chi connectivity index (χ1) is 17.9. The molecule has 0 aliphatic rings. The van der Waals surface area contributed by atoms with Crippen LogP contribution in [0.2, 0.25) is 5.02 Å². The average molecular weight is 542 g/mol. The zero-order chi connectivity index (χ0) is 26.4. The van der Waals surface area contributed by atoms with E-state index in [9.17, 15) is 9.18 Å². The Balaban J connectivity index is 1.76. The lowest BCUT2D eigenvalue weighted by Gasteiger charge is -2.17. The van der Waals surface area contributed by atoms with Crippen molar-refractivity contribution in [3.05, 3.63) is 100 Å². The summed E-state index contributed by atoms with van der Waals surface area (Å²) in [4.78, 5) is 17.9. The number of esters is 1. The van der Waals surface area contributed by atoms with Crippen molar-refractivity contribution in [2.24, 2.45) is 0 Å². The number of halogens is 2. The molecule has 0 unspecified atom stereocenters. The fourth-order valence-corrected chi connectivity index (χ4v) is 4.49. The van der Waals surface area contributed by atoms with Gasteiger partial charge in [-0.25, -0.2) is 14.1 Å². The molecule has 0 saturated carbocycles. The predicted molar refractivity (Wildman–Crippen MR) is 142 cm³/mol. The number of rotatable bonds is 10. The Morgan fingerprint density at radius 3 is 2.65 bits per heavy atom. The van der Waals surface area contributed by atoms with Gasteiger partial charge < -0.3 is 14.0 Å². The zero-order valence-corrected chi connectivity index (χ0v) is 22.1. The van der Waals surface area contributed by atoms with Crippen LogP contribution >= 0.6 is 23.6 Å². The average Bonchev–Trinajstić information content (AvgIpc) is 3.28. The maximum absolute atomic E-state index is 13.5. The van der Waals surface area contributed by atoms with Crippen LogP contribution in [0.3, 0.4) is 0 Å². The molecule has 0 aliphatic heterocycles. The number of benzene rings is 3. The maximum Gasteiger partial charge on any atom is 0.338 e. The van der Waals surface area contributed by atoms with E-state index in [4.69, 9.17) is 30.3 Å². The van der Waals surface area contributed by atoms with E-state index in [2.05, 4.69) is 0 Å². The highest BCUT2D eigenvalue weighted by molar-refractivity contribution is 7.94. The van der Waals surface area contributed by atoms with Gasteiger partial charge in [0.2, 0.25) is 0 Å². The van der Waals surface area contributed by atoms with Crippen molar-refractivity contribution in [2.45, 2.75) is 25.3 Å². The molecule has 0 bridgehead atoms. The summed E-state index contributed by atoms with van der Waals surface area (Å²) < 4.78 is 31.9. The summed E-state index contributed by atoms with van der Waals surface area (Å²) in [6, 6.07) is 21.0. The minimum Gasteiger partial charge on any atom is -0.488 e. The van der Waals surface area contributed by atoms with Gasteiger partial charge in [0.05, 0.1) is 42.0 Å². The van der Waals surface area contributed by atoms with Crippen molar-refractivity contribution >= 4 is 29.6 Å². The molecular formula is C28H25ClFNO5S. The van der Waals surface area contributed by atoms with Gasteiger partial charge in [-0.1, -0.05) is 23.7 Å². The molecule has 192 valence electrons. The summed E-state index contributed by atoms with van der Waals surface area (Å²) in [6.07, 6.45) is 0. The summed E-state index contributed by atoms with van der Waals surface area (Å²) in [5, 5.41) is 0.289. The van der Waals surface area contributed by atoms with Gasteiger partial charge in [0.15, 0.2) is 0 Å². The number of hydrogen-bond donors (Lipinski definition) is 0. The zero-order valence-electron chi connectivity index (χ0n) is 20.5. The lowest BCUT2D eigenvalue weighted by atomic mass is 10.1. The first-order valence-corrected chi connectivity index (χ1v) is 12.6. The van der Waals surface area contributed by atoms with Crippen LogP contribution in [0.15, 0.2) is 77.7 Å². The van der Waals surface area contributed by atoms with E-state index in [0.29, 0.717) is 23.5 Å². The fraction of sp³-hybridized carbons (Fsp3) is 0.179. The Morgan fingerprint density at radius 2 is 1.89 bits per heavy atom. The van der Waals surface area contributed by atoms with Gasteiger partial charge in [0.25, 0.3) is 0 Å². The molecule has 4 aromatic rings. The Bertz CT molecular complexity index is 1410. The number of ether oxygens (including phenoxy) is 2. The largest absolute Gasteiger partial charge is 0.488 e. The Hall–Kier alpha value is -3.30. The second kappa shape index (κ2) is 12.3. The first-order valence-electron chi connectivity index (χ1n) is 11.5. The van der Waals surface area contributed by atoms with Crippen molar-refractivity contribution in [3.8, 4) is 22.7 Å². The van der Waals surface area contributed by atoms with Crippen LogP contribution < -0.4 is 4.74 Å². The molecule has 0 fully saturated rings. The second-order valence-corrected chi connectivity index (χ2v) is 9.15. The highest BCUT2D eigenvalue weighted by Gasteiger charge is 2.17. The van der Waals surface area contributed by atoms with Crippen molar-refractivity contribution < 1.29 is 27.9 Å². The van der Waals surface area contributed by atoms with Crippen molar-refractivity contribution in [2.75, 3.05) is 13.7 Å². The van der Waals surface area contributed by atoms with Gasteiger partial charge in [-0.3, -0.25) is 0 Å². The summed E-state index contributed by atoms with van der Waals surface area (Å²) in [7, 11) is 1.43. The molecule has 0 spiro atoms. The Morgan fingerprint density at radius 1 is 1.05 bits per heavy atom. The van der Waals surface area contributed by atoms with Gasteiger partial charge in [0.1, 0.15) is 18.2 Å². The number of aromatic nitrogens is 1. The van der Waals surface area contributed by atoms with Gasteiger partial charge in [-0.15, -0.1) is 0 Å². The number of carbonyl (C=O) groups is 1. The minimum absolute atomic E-state index is 0.144. The van der Waals surface area contributed by atoms with Crippen LogP contribution in [0.25, 0.3) is 16.9 Å². The molecule has 37 heavy (non-hydrogen) atoms. The fourth-order valence-electron chi connectivity index (χ4n) is 3.83. The van der Waals surface area contributed by atoms with Crippen molar-refractivity contribution in [1.29, 1.82) is 0 Å². The SMILES string of the molecule is CCOC(=O)c1cccc(-n2c(C)ccc2-c2cc(SOOC)ccc2OCc2ccc(F)cc2Cl)c1. The molecule has 1 aromatic heterocycles. The lowest BCUT2D eigenvalue weighted by molar-refractivity contribution is -0.160.